The van der Waals surface area contributed by atoms with Crippen molar-refractivity contribution in [3.63, 3.8) is 0 Å². The third kappa shape index (κ3) is 3.09. The van der Waals surface area contributed by atoms with Crippen molar-refractivity contribution in [2.45, 2.75) is 38.1 Å². The van der Waals surface area contributed by atoms with Crippen molar-refractivity contribution in [1.29, 1.82) is 0 Å². The third-order valence-corrected chi connectivity index (χ3v) is 3.25. The first-order valence-electron chi connectivity index (χ1n) is 5.96. The minimum Gasteiger partial charge on any atom is -0.396 e. The fraction of sp³-hybridized carbons (Fsp3) is 0.909. The molecule has 15 heavy (non-hydrogen) atoms. The molecule has 1 heterocycles. The summed E-state index contributed by atoms with van der Waals surface area (Å²) in [5.41, 5.74) is 0. The van der Waals surface area contributed by atoms with Gasteiger partial charge < -0.3 is 15.3 Å². The summed E-state index contributed by atoms with van der Waals surface area (Å²) in [5, 5.41) is 11.9. The number of piperidine rings is 1. The topological polar surface area (TPSA) is 52.6 Å². The predicted octanol–water partition coefficient (Wildman–Crippen LogP) is 0.953. The second-order valence-corrected chi connectivity index (χ2v) is 4.69. The molecule has 1 saturated heterocycles. The number of nitrogens with one attached hydrogen (secondary N) is 1. The van der Waals surface area contributed by atoms with Crippen LogP contribution in [0.4, 0.5) is 4.79 Å². The summed E-state index contributed by atoms with van der Waals surface area (Å²) in [6.07, 6.45) is 5.32. The van der Waals surface area contributed by atoms with Crippen LogP contribution < -0.4 is 5.32 Å². The Bertz CT molecular complexity index is 227. The highest BCUT2D eigenvalue weighted by Gasteiger charge is 2.28. The molecule has 86 valence electrons. The average molecular weight is 212 g/mol. The average Bonchev–Trinajstić information content (AvgIpc) is 3.03. The Morgan fingerprint density at radius 1 is 1.40 bits per heavy atom. The number of urea groups is 1. The molecule has 0 spiro atoms. The van der Waals surface area contributed by atoms with Gasteiger partial charge in [0.1, 0.15) is 0 Å². The molecule has 1 aliphatic carbocycles. The minimum atomic E-state index is 0.0974. The second kappa shape index (κ2) is 4.84. The summed E-state index contributed by atoms with van der Waals surface area (Å²) >= 11 is 0. The van der Waals surface area contributed by atoms with Crippen LogP contribution in [-0.4, -0.2) is 41.8 Å². The van der Waals surface area contributed by atoms with E-state index in [1.807, 2.05) is 4.90 Å². The lowest BCUT2D eigenvalue weighted by Gasteiger charge is -2.32. The number of carbonyl (C=O) groups is 1. The van der Waals surface area contributed by atoms with Crippen LogP contribution in [0.15, 0.2) is 0 Å². The summed E-state index contributed by atoms with van der Waals surface area (Å²) in [5.74, 6) is 0.494. The number of hydrogen-bond donors (Lipinski definition) is 2. The van der Waals surface area contributed by atoms with E-state index < -0.39 is 0 Å². The highest BCUT2D eigenvalue weighted by molar-refractivity contribution is 5.74. The van der Waals surface area contributed by atoms with Gasteiger partial charge in [-0.15, -0.1) is 0 Å². The van der Waals surface area contributed by atoms with Crippen molar-refractivity contribution in [3.05, 3.63) is 0 Å². The Kier molecular flexibility index (Phi) is 3.46. The molecule has 0 bridgehead atoms. The zero-order valence-corrected chi connectivity index (χ0v) is 9.11. The second-order valence-electron chi connectivity index (χ2n) is 4.69. The SMILES string of the molecule is O=C(NC1CC1)N1CCCC(CCO)C1. The van der Waals surface area contributed by atoms with Gasteiger partial charge in [-0.25, -0.2) is 4.79 Å². The Labute approximate surface area is 90.6 Å². The Hall–Kier alpha value is -0.770. The van der Waals surface area contributed by atoms with Crippen LogP contribution in [0.3, 0.4) is 0 Å². The largest absolute Gasteiger partial charge is 0.396 e. The molecule has 1 atom stereocenters. The van der Waals surface area contributed by atoms with Crippen LogP contribution in [0, 0.1) is 5.92 Å². The summed E-state index contributed by atoms with van der Waals surface area (Å²) < 4.78 is 0. The number of aliphatic hydroxyl groups excluding tert-OH is 1. The van der Waals surface area contributed by atoms with Crippen molar-refractivity contribution >= 4 is 6.03 Å². The molecule has 4 heteroatoms. The van der Waals surface area contributed by atoms with Crippen molar-refractivity contribution in [2.24, 2.45) is 5.92 Å². The maximum absolute atomic E-state index is 11.8. The number of rotatable bonds is 3. The molecule has 2 N–H and O–H groups in total. The number of carbonyl (C=O) groups excluding carboxylic acids is 1. The monoisotopic (exact) mass is 212 g/mol. The zero-order valence-electron chi connectivity index (χ0n) is 9.11. The maximum Gasteiger partial charge on any atom is 0.317 e. The molecule has 0 aromatic carbocycles. The van der Waals surface area contributed by atoms with E-state index >= 15 is 0 Å². The molecule has 2 aliphatic rings. The fourth-order valence-corrected chi connectivity index (χ4v) is 2.16. The van der Waals surface area contributed by atoms with Crippen LogP contribution in [0.1, 0.15) is 32.1 Å². The molecule has 1 aliphatic heterocycles. The molecular formula is C11H20N2O2. The van der Waals surface area contributed by atoms with Crippen molar-refractivity contribution in [1.82, 2.24) is 10.2 Å². The van der Waals surface area contributed by atoms with Gasteiger partial charge in [0.15, 0.2) is 0 Å². The lowest BCUT2D eigenvalue weighted by Crippen LogP contribution is -2.46. The highest BCUT2D eigenvalue weighted by Crippen LogP contribution is 2.22. The summed E-state index contributed by atoms with van der Waals surface area (Å²) in [6.45, 7) is 1.93. The highest BCUT2D eigenvalue weighted by atomic mass is 16.3. The third-order valence-electron chi connectivity index (χ3n) is 3.25. The molecule has 2 fully saturated rings. The van der Waals surface area contributed by atoms with E-state index in [1.54, 1.807) is 0 Å². The first-order valence-corrected chi connectivity index (χ1v) is 5.96. The summed E-state index contributed by atoms with van der Waals surface area (Å²) in [7, 11) is 0. The fourth-order valence-electron chi connectivity index (χ4n) is 2.16. The molecule has 1 saturated carbocycles. The van der Waals surface area contributed by atoms with Crippen LogP contribution in [0.2, 0.25) is 0 Å². The van der Waals surface area contributed by atoms with E-state index in [0.717, 1.165) is 45.2 Å². The van der Waals surface area contributed by atoms with Gasteiger partial charge >= 0.3 is 6.03 Å². The summed E-state index contributed by atoms with van der Waals surface area (Å²) in [4.78, 5) is 13.7. The minimum absolute atomic E-state index is 0.0974. The van der Waals surface area contributed by atoms with Gasteiger partial charge in [-0.3, -0.25) is 0 Å². The predicted molar refractivity (Wildman–Crippen MR) is 57.6 cm³/mol. The summed E-state index contributed by atoms with van der Waals surface area (Å²) in [6, 6.07) is 0.538. The van der Waals surface area contributed by atoms with Crippen LogP contribution in [-0.2, 0) is 0 Å². The van der Waals surface area contributed by atoms with E-state index in [9.17, 15) is 4.79 Å². The van der Waals surface area contributed by atoms with Gasteiger partial charge in [-0.2, -0.15) is 0 Å². The lowest BCUT2D eigenvalue weighted by atomic mass is 9.95. The number of nitrogens with zero attached hydrogens (tertiary/aromatic N) is 1. The molecule has 0 aromatic heterocycles. The molecule has 2 rings (SSSR count). The van der Waals surface area contributed by atoms with Gasteiger partial charge in [0.05, 0.1) is 0 Å². The Balaban J connectivity index is 1.77. The van der Waals surface area contributed by atoms with E-state index in [-0.39, 0.29) is 12.6 Å². The van der Waals surface area contributed by atoms with Crippen LogP contribution >= 0.6 is 0 Å². The Morgan fingerprint density at radius 3 is 2.87 bits per heavy atom. The van der Waals surface area contributed by atoms with Gasteiger partial charge in [0, 0.05) is 25.7 Å². The lowest BCUT2D eigenvalue weighted by molar-refractivity contribution is 0.150. The normalized spacial score (nSPS) is 26.5. The van der Waals surface area contributed by atoms with E-state index in [0.29, 0.717) is 12.0 Å². The van der Waals surface area contributed by atoms with Crippen molar-refractivity contribution in [2.75, 3.05) is 19.7 Å². The number of hydrogen-bond acceptors (Lipinski definition) is 2. The van der Waals surface area contributed by atoms with Crippen LogP contribution in [0.5, 0.6) is 0 Å². The molecule has 4 nitrogen and oxygen atoms in total. The molecule has 1 unspecified atom stereocenters. The molecular weight excluding hydrogens is 192 g/mol. The maximum atomic E-state index is 11.8. The first-order chi connectivity index (χ1) is 7.29. The Morgan fingerprint density at radius 2 is 2.20 bits per heavy atom. The van der Waals surface area contributed by atoms with Crippen molar-refractivity contribution < 1.29 is 9.90 Å². The first kappa shape index (κ1) is 10.7. The van der Waals surface area contributed by atoms with Gasteiger partial charge in [0.2, 0.25) is 0 Å². The molecule has 0 aromatic rings. The van der Waals surface area contributed by atoms with Gasteiger partial charge in [-0.05, 0) is 38.0 Å². The standard InChI is InChI=1S/C11H20N2O2/c14-7-5-9-2-1-6-13(8-9)11(15)12-10-3-4-10/h9-10,14H,1-8H2,(H,12,15). The quantitative estimate of drug-likeness (QED) is 0.732. The molecule has 2 amide bonds. The number of aliphatic hydroxyl groups is 1. The molecule has 0 radical (unpaired) electrons. The van der Waals surface area contributed by atoms with Gasteiger partial charge in [-0.1, -0.05) is 0 Å². The smallest absolute Gasteiger partial charge is 0.317 e. The van der Waals surface area contributed by atoms with Crippen LogP contribution in [0.25, 0.3) is 0 Å². The van der Waals surface area contributed by atoms with E-state index in [1.165, 1.54) is 0 Å². The number of likely N-dealkylation sites (tertiary alicyclic amines) is 1. The van der Waals surface area contributed by atoms with E-state index in [2.05, 4.69) is 5.32 Å². The van der Waals surface area contributed by atoms with Crippen molar-refractivity contribution in [3.8, 4) is 0 Å². The van der Waals surface area contributed by atoms with Gasteiger partial charge in [0.25, 0.3) is 0 Å². The van der Waals surface area contributed by atoms with E-state index in [4.69, 9.17) is 5.11 Å². The zero-order chi connectivity index (χ0) is 10.7. The number of amides is 2.